The molecule has 0 aromatic carbocycles. The minimum atomic E-state index is -4.95. The molecule has 0 spiro atoms. The number of ether oxygens (including phenoxy) is 4. The van der Waals surface area contributed by atoms with Crippen LogP contribution in [0.4, 0.5) is 0 Å². The number of phosphoric acid groups is 2. The summed E-state index contributed by atoms with van der Waals surface area (Å²) in [7, 11) is -9.90. The van der Waals surface area contributed by atoms with E-state index in [0.717, 1.165) is 102 Å². The minimum absolute atomic E-state index is 0.107. The standard InChI is InChI=1S/C72H140O17P2/c1-7-9-11-13-15-17-24-29-36-42-48-54-69(74)82-60-67(88-71(76)56-50-44-38-30-25-18-16-14-12-10-8-2)62-86-90(78,79)84-58-66(73)59-85-91(80,81)87-63-68(61-83-70(75)55-49-43-37-33-32-35-41-47-53-65(5)6)89-72(77)57-51-45-39-31-27-23-21-19-20-22-26-28-34-40-46-52-64(3)4/h64-68,73H,7-63H2,1-6H3,(H,78,79)(H,80,81)/t66-,67+,68+/m0/s1. The van der Waals surface area contributed by atoms with Crippen LogP contribution in [0, 0.1) is 11.8 Å². The van der Waals surface area contributed by atoms with Crippen molar-refractivity contribution in [1.29, 1.82) is 0 Å². The first-order valence-electron chi connectivity index (χ1n) is 37.5. The molecule has 3 N–H and O–H groups in total. The van der Waals surface area contributed by atoms with Gasteiger partial charge in [-0.1, -0.05) is 318 Å². The second-order valence-electron chi connectivity index (χ2n) is 26.9. The van der Waals surface area contributed by atoms with Crippen LogP contribution >= 0.6 is 15.6 Å². The summed E-state index contributed by atoms with van der Waals surface area (Å²) < 4.78 is 68.3. The molecule has 540 valence electrons. The molecule has 17 nitrogen and oxygen atoms in total. The van der Waals surface area contributed by atoms with E-state index in [0.29, 0.717) is 25.7 Å². The monoisotopic (exact) mass is 1340 g/mol. The number of rotatable bonds is 71. The Bertz CT molecular complexity index is 1770. The molecular weight excluding hydrogens is 1200 g/mol. The van der Waals surface area contributed by atoms with Crippen LogP contribution in [0.3, 0.4) is 0 Å². The summed E-state index contributed by atoms with van der Waals surface area (Å²) in [5, 5.41) is 10.6. The molecule has 0 aromatic heterocycles. The number of aliphatic hydroxyl groups excluding tert-OH is 1. The minimum Gasteiger partial charge on any atom is -0.462 e. The lowest BCUT2D eigenvalue weighted by atomic mass is 10.0. The zero-order valence-electron chi connectivity index (χ0n) is 59.1. The van der Waals surface area contributed by atoms with Gasteiger partial charge in [-0.15, -0.1) is 0 Å². The van der Waals surface area contributed by atoms with Crippen molar-refractivity contribution < 1.29 is 80.2 Å². The first-order valence-corrected chi connectivity index (χ1v) is 40.5. The molecule has 0 aliphatic heterocycles. The molecule has 0 aromatic rings. The first kappa shape index (κ1) is 89.1. The first-order chi connectivity index (χ1) is 43.9. The fourth-order valence-electron chi connectivity index (χ4n) is 10.9. The van der Waals surface area contributed by atoms with Crippen LogP contribution in [0.5, 0.6) is 0 Å². The molecule has 2 unspecified atom stereocenters. The van der Waals surface area contributed by atoms with Crippen molar-refractivity contribution in [3.05, 3.63) is 0 Å². The van der Waals surface area contributed by atoms with Gasteiger partial charge in [0.1, 0.15) is 19.3 Å². The summed E-state index contributed by atoms with van der Waals surface area (Å²) in [6, 6.07) is 0. The molecule has 0 heterocycles. The number of hydrogen-bond acceptors (Lipinski definition) is 15. The maximum Gasteiger partial charge on any atom is 0.472 e. The number of esters is 4. The quantitative estimate of drug-likeness (QED) is 0.0222. The molecule has 0 radical (unpaired) electrons. The number of carbonyl (C=O) groups is 4. The van der Waals surface area contributed by atoms with Gasteiger partial charge in [-0.3, -0.25) is 37.3 Å². The van der Waals surface area contributed by atoms with E-state index in [4.69, 9.17) is 37.0 Å². The van der Waals surface area contributed by atoms with E-state index in [1.807, 2.05) is 0 Å². The maximum atomic E-state index is 13.0. The molecule has 0 saturated heterocycles. The molecule has 5 atom stereocenters. The average molecular weight is 1340 g/mol. The Morgan fingerprint density at radius 1 is 0.297 bits per heavy atom. The highest BCUT2D eigenvalue weighted by Crippen LogP contribution is 2.45. The molecule has 0 amide bonds. The summed E-state index contributed by atoms with van der Waals surface area (Å²) >= 11 is 0. The zero-order valence-corrected chi connectivity index (χ0v) is 60.9. The van der Waals surface area contributed by atoms with Crippen molar-refractivity contribution in [2.24, 2.45) is 11.8 Å². The Balaban J connectivity index is 5.22. The fourth-order valence-corrected chi connectivity index (χ4v) is 12.5. The summed E-state index contributed by atoms with van der Waals surface area (Å²) in [6.07, 6.45) is 49.9. The van der Waals surface area contributed by atoms with Gasteiger partial charge in [0.15, 0.2) is 12.2 Å². The van der Waals surface area contributed by atoms with Gasteiger partial charge in [-0.05, 0) is 37.5 Å². The lowest BCUT2D eigenvalue weighted by Gasteiger charge is -2.21. The Kier molecular flexibility index (Phi) is 62.7. The number of carbonyl (C=O) groups excluding carboxylic acids is 4. The number of unbranched alkanes of at least 4 members (excludes halogenated alkanes) is 41. The van der Waals surface area contributed by atoms with Crippen LogP contribution in [0.2, 0.25) is 0 Å². The third-order valence-electron chi connectivity index (χ3n) is 16.7. The molecule has 0 rings (SSSR count). The third-order valence-corrected chi connectivity index (χ3v) is 18.6. The fraction of sp³-hybridized carbons (Fsp3) is 0.944. The lowest BCUT2D eigenvalue weighted by Crippen LogP contribution is -2.30. The smallest absolute Gasteiger partial charge is 0.462 e. The van der Waals surface area contributed by atoms with Gasteiger partial charge in [0.05, 0.1) is 26.4 Å². The van der Waals surface area contributed by atoms with E-state index in [9.17, 15) is 43.2 Å². The maximum absolute atomic E-state index is 13.0. The van der Waals surface area contributed by atoms with Gasteiger partial charge in [-0.2, -0.15) is 0 Å². The van der Waals surface area contributed by atoms with Crippen LogP contribution in [0.15, 0.2) is 0 Å². The predicted octanol–water partition coefficient (Wildman–Crippen LogP) is 20.8. The van der Waals surface area contributed by atoms with Crippen molar-refractivity contribution in [3.8, 4) is 0 Å². The lowest BCUT2D eigenvalue weighted by molar-refractivity contribution is -0.161. The highest BCUT2D eigenvalue weighted by Gasteiger charge is 2.30. The predicted molar refractivity (Wildman–Crippen MR) is 368 cm³/mol. The summed E-state index contributed by atoms with van der Waals surface area (Å²) in [6.45, 7) is 9.55. The molecule has 0 bridgehead atoms. The molecular formula is C72H140O17P2. The Hall–Kier alpha value is -1.94. The van der Waals surface area contributed by atoms with E-state index in [1.54, 1.807) is 0 Å². The molecule has 0 saturated carbocycles. The summed E-state index contributed by atoms with van der Waals surface area (Å²) in [4.78, 5) is 72.6. The second-order valence-corrected chi connectivity index (χ2v) is 29.8. The van der Waals surface area contributed by atoms with E-state index >= 15 is 0 Å². The zero-order chi connectivity index (χ0) is 67.2. The van der Waals surface area contributed by atoms with E-state index in [-0.39, 0.29) is 25.7 Å². The summed E-state index contributed by atoms with van der Waals surface area (Å²) in [5.74, 6) is -0.592. The van der Waals surface area contributed by atoms with E-state index in [2.05, 4.69) is 41.5 Å². The Morgan fingerprint density at radius 2 is 0.505 bits per heavy atom. The molecule has 0 aliphatic carbocycles. The van der Waals surface area contributed by atoms with Gasteiger partial charge in [0.25, 0.3) is 0 Å². The van der Waals surface area contributed by atoms with Crippen LogP contribution in [-0.4, -0.2) is 96.7 Å². The third kappa shape index (κ3) is 66.5. The largest absolute Gasteiger partial charge is 0.472 e. The Morgan fingerprint density at radius 3 is 0.747 bits per heavy atom. The van der Waals surface area contributed by atoms with Gasteiger partial charge in [0, 0.05) is 25.7 Å². The van der Waals surface area contributed by atoms with Crippen molar-refractivity contribution in [1.82, 2.24) is 0 Å². The van der Waals surface area contributed by atoms with E-state index < -0.39 is 97.5 Å². The van der Waals surface area contributed by atoms with Crippen molar-refractivity contribution in [2.75, 3.05) is 39.6 Å². The summed E-state index contributed by atoms with van der Waals surface area (Å²) in [5.41, 5.74) is 0. The normalized spacial score (nSPS) is 14.1. The van der Waals surface area contributed by atoms with Gasteiger partial charge < -0.3 is 33.8 Å². The highest BCUT2D eigenvalue weighted by atomic mass is 31.2. The van der Waals surface area contributed by atoms with Crippen LogP contribution in [-0.2, 0) is 65.4 Å². The van der Waals surface area contributed by atoms with Crippen LogP contribution in [0.25, 0.3) is 0 Å². The highest BCUT2D eigenvalue weighted by molar-refractivity contribution is 7.47. The number of aliphatic hydroxyl groups is 1. The van der Waals surface area contributed by atoms with Gasteiger partial charge in [-0.25, -0.2) is 9.13 Å². The second kappa shape index (κ2) is 64.1. The number of phosphoric ester groups is 2. The SMILES string of the molecule is CCCCCCCCCCCCCC(=O)OC[C@H](COP(=O)(O)OC[C@H](O)COP(=O)(O)OC[C@@H](COC(=O)CCCCCCCCCCC(C)C)OC(=O)CCCCCCCCCCCCCCCCCC(C)C)OC(=O)CCCCCCCCCCCCC. The number of hydrogen-bond donors (Lipinski definition) is 3. The van der Waals surface area contributed by atoms with Gasteiger partial charge >= 0.3 is 39.5 Å². The molecule has 0 fully saturated rings. The van der Waals surface area contributed by atoms with Crippen LogP contribution < -0.4 is 0 Å². The average Bonchev–Trinajstić information content (AvgIpc) is 3.58. The van der Waals surface area contributed by atoms with Crippen molar-refractivity contribution in [2.45, 2.75) is 387 Å². The molecule has 0 aliphatic rings. The topological polar surface area (TPSA) is 237 Å². The van der Waals surface area contributed by atoms with E-state index in [1.165, 1.54) is 186 Å². The van der Waals surface area contributed by atoms with Gasteiger partial charge in [0.2, 0.25) is 0 Å². The van der Waals surface area contributed by atoms with Crippen molar-refractivity contribution in [3.63, 3.8) is 0 Å². The molecule has 19 heteroatoms. The molecule has 91 heavy (non-hydrogen) atoms. The van der Waals surface area contributed by atoms with Crippen molar-refractivity contribution >= 4 is 39.5 Å². The Labute approximate surface area is 556 Å². The van der Waals surface area contributed by atoms with Crippen LogP contribution in [0.1, 0.15) is 369 Å².